The first-order valence-corrected chi connectivity index (χ1v) is 8.76. The van der Waals surface area contributed by atoms with E-state index in [1.165, 1.54) is 12.1 Å². The summed E-state index contributed by atoms with van der Waals surface area (Å²) in [4.78, 5) is 14.0. The van der Waals surface area contributed by atoms with Crippen LogP contribution < -0.4 is 14.8 Å². The normalized spacial score (nSPS) is 23.2. The molecule has 4 rings (SSSR count). The molecule has 3 atom stereocenters. The maximum Gasteiger partial charge on any atom is 0.317 e. The van der Waals surface area contributed by atoms with Gasteiger partial charge in [-0.05, 0) is 36.2 Å². The van der Waals surface area contributed by atoms with Gasteiger partial charge in [-0.25, -0.2) is 9.18 Å². The maximum atomic E-state index is 13.0. The molecule has 1 N–H and O–H groups in total. The van der Waals surface area contributed by atoms with Crippen molar-refractivity contribution in [3.05, 3.63) is 59.9 Å². The van der Waals surface area contributed by atoms with Crippen LogP contribution in [0.4, 0.5) is 9.18 Å². The fourth-order valence-corrected chi connectivity index (χ4v) is 3.24. The van der Waals surface area contributed by atoms with E-state index in [2.05, 4.69) is 5.32 Å². The first kappa shape index (κ1) is 16.7. The van der Waals surface area contributed by atoms with Crippen molar-refractivity contribution in [3.63, 3.8) is 0 Å². The van der Waals surface area contributed by atoms with E-state index in [0.717, 1.165) is 17.7 Å². The van der Waals surface area contributed by atoms with Gasteiger partial charge in [0.1, 0.15) is 12.4 Å². The smallest absolute Gasteiger partial charge is 0.317 e. The summed E-state index contributed by atoms with van der Waals surface area (Å²) in [5, 5.41) is 3.02. The van der Waals surface area contributed by atoms with Crippen molar-refractivity contribution in [3.8, 4) is 11.5 Å². The zero-order valence-corrected chi connectivity index (χ0v) is 14.5. The number of carbonyl (C=O) groups excluding carboxylic acids is 1. The van der Waals surface area contributed by atoms with Crippen molar-refractivity contribution in [1.29, 1.82) is 0 Å². The van der Waals surface area contributed by atoms with E-state index >= 15 is 0 Å². The van der Waals surface area contributed by atoms with Crippen LogP contribution in [0, 0.1) is 5.82 Å². The molecule has 1 heterocycles. The van der Waals surface area contributed by atoms with Crippen LogP contribution in [-0.4, -0.2) is 43.3 Å². The Hall–Kier alpha value is -2.76. The zero-order chi connectivity index (χ0) is 18.1. The highest BCUT2D eigenvalue weighted by molar-refractivity contribution is 5.75. The number of nitrogens with zero attached hydrogens (tertiary/aromatic N) is 1. The number of benzene rings is 2. The predicted molar refractivity (Wildman–Crippen MR) is 95.1 cm³/mol. The minimum absolute atomic E-state index is 0.0969. The number of amides is 2. The Kier molecular flexibility index (Phi) is 4.41. The van der Waals surface area contributed by atoms with Gasteiger partial charge >= 0.3 is 6.03 Å². The summed E-state index contributed by atoms with van der Waals surface area (Å²) >= 11 is 0. The number of hydrogen-bond acceptors (Lipinski definition) is 3. The molecular weight excluding hydrogens is 335 g/mol. The van der Waals surface area contributed by atoms with E-state index in [9.17, 15) is 9.18 Å². The number of rotatable bonds is 4. The Balaban J connectivity index is 1.27. The number of ether oxygens (including phenoxy) is 2. The van der Waals surface area contributed by atoms with Crippen LogP contribution in [0.1, 0.15) is 17.9 Å². The molecule has 0 radical (unpaired) electrons. The first-order chi connectivity index (χ1) is 12.6. The van der Waals surface area contributed by atoms with Crippen molar-refractivity contribution in [2.45, 2.75) is 24.5 Å². The molecule has 6 heteroatoms. The number of para-hydroxylation sites is 2. The number of carbonyl (C=O) groups is 1. The van der Waals surface area contributed by atoms with Gasteiger partial charge in [0.15, 0.2) is 17.6 Å². The molecule has 2 amide bonds. The van der Waals surface area contributed by atoms with Crippen LogP contribution in [0.15, 0.2) is 48.5 Å². The minimum Gasteiger partial charge on any atom is -0.486 e. The van der Waals surface area contributed by atoms with E-state index in [4.69, 9.17) is 9.47 Å². The van der Waals surface area contributed by atoms with E-state index in [1.807, 2.05) is 24.3 Å². The third kappa shape index (κ3) is 3.59. The topological polar surface area (TPSA) is 50.8 Å². The standard InChI is InChI=1S/C20H21FN2O3/c1-23(11-15-12-25-18-4-2-3-5-19(18)26-15)20(24)22-17-10-16(17)13-6-8-14(21)9-7-13/h2-9,15-17H,10-12H2,1H3,(H,22,24)/t15-,16+,17+/m1/s1. The molecule has 1 saturated carbocycles. The van der Waals surface area contributed by atoms with E-state index in [-0.39, 0.29) is 29.9 Å². The summed E-state index contributed by atoms with van der Waals surface area (Å²) < 4.78 is 24.6. The molecule has 0 unspecified atom stereocenters. The molecule has 5 nitrogen and oxygen atoms in total. The van der Waals surface area contributed by atoms with Gasteiger partial charge in [0, 0.05) is 19.0 Å². The summed E-state index contributed by atoms with van der Waals surface area (Å²) in [5.41, 5.74) is 1.06. The molecule has 26 heavy (non-hydrogen) atoms. The maximum absolute atomic E-state index is 13.0. The number of hydrogen-bond donors (Lipinski definition) is 1. The van der Waals surface area contributed by atoms with Gasteiger partial charge in [-0.2, -0.15) is 0 Å². The average molecular weight is 356 g/mol. The van der Waals surface area contributed by atoms with Crippen molar-refractivity contribution < 1.29 is 18.7 Å². The first-order valence-electron chi connectivity index (χ1n) is 8.76. The highest BCUT2D eigenvalue weighted by Crippen LogP contribution is 2.40. The Morgan fingerprint density at radius 3 is 2.69 bits per heavy atom. The van der Waals surface area contributed by atoms with Crippen LogP contribution in [0.5, 0.6) is 11.5 Å². The van der Waals surface area contributed by atoms with Gasteiger partial charge in [-0.1, -0.05) is 24.3 Å². The molecule has 1 aliphatic heterocycles. The molecule has 1 aliphatic carbocycles. The summed E-state index contributed by atoms with van der Waals surface area (Å²) in [5.74, 6) is 1.45. The Morgan fingerprint density at radius 1 is 1.19 bits per heavy atom. The molecule has 1 fully saturated rings. The third-order valence-corrected chi connectivity index (χ3v) is 4.79. The Bertz CT molecular complexity index is 796. The van der Waals surface area contributed by atoms with Crippen LogP contribution >= 0.6 is 0 Å². The molecule has 0 saturated heterocycles. The number of likely N-dealkylation sites (N-methyl/N-ethyl adjacent to an activating group) is 1. The zero-order valence-electron chi connectivity index (χ0n) is 14.5. The molecule has 2 aliphatic rings. The van der Waals surface area contributed by atoms with Crippen molar-refractivity contribution in [1.82, 2.24) is 10.2 Å². The number of halogens is 1. The van der Waals surface area contributed by atoms with Gasteiger partial charge in [0.2, 0.25) is 0 Å². The number of fused-ring (bicyclic) bond motifs is 1. The lowest BCUT2D eigenvalue weighted by Crippen LogP contribution is -2.46. The van der Waals surface area contributed by atoms with Crippen LogP contribution in [-0.2, 0) is 0 Å². The Morgan fingerprint density at radius 2 is 1.92 bits per heavy atom. The van der Waals surface area contributed by atoms with E-state index in [1.54, 1.807) is 24.1 Å². The van der Waals surface area contributed by atoms with Crippen LogP contribution in [0.3, 0.4) is 0 Å². The lowest BCUT2D eigenvalue weighted by Gasteiger charge is -2.29. The molecule has 2 aromatic rings. The molecule has 2 aromatic carbocycles. The largest absolute Gasteiger partial charge is 0.486 e. The lowest BCUT2D eigenvalue weighted by atomic mass is 10.1. The van der Waals surface area contributed by atoms with Gasteiger partial charge in [0.25, 0.3) is 0 Å². The van der Waals surface area contributed by atoms with Crippen molar-refractivity contribution >= 4 is 6.03 Å². The summed E-state index contributed by atoms with van der Waals surface area (Å²) in [6.07, 6.45) is 0.675. The average Bonchev–Trinajstić information content (AvgIpc) is 3.41. The molecule has 0 aromatic heterocycles. The lowest BCUT2D eigenvalue weighted by molar-refractivity contribution is 0.0715. The second-order valence-electron chi connectivity index (χ2n) is 6.83. The second-order valence-corrected chi connectivity index (χ2v) is 6.83. The number of urea groups is 1. The monoisotopic (exact) mass is 356 g/mol. The quantitative estimate of drug-likeness (QED) is 0.916. The fraction of sp³-hybridized carbons (Fsp3) is 0.350. The van der Waals surface area contributed by atoms with E-state index < -0.39 is 0 Å². The molecule has 0 bridgehead atoms. The highest BCUT2D eigenvalue weighted by atomic mass is 19.1. The Labute approximate surface area is 151 Å². The molecular formula is C20H21FN2O3. The molecule has 0 spiro atoms. The van der Waals surface area contributed by atoms with Crippen LogP contribution in [0.25, 0.3) is 0 Å². The van der Waals surface area contributed by atoms with Crippen molar-refractivity contribution in [2.24, 2.45) is 0 Å². The van der Waals surface area contributed by atoms with Crippen molar-refractivity contribution in [2.75, 3.05) is 20.2 Å². The van der Waals surface area contributed by atoms with Gasteiger partial charge in [-0.3, -0.25) is 0 Å². The second kappa shape index (κ2) is 6.86. The SMILES string of the molecule is CN(C[C@@H]1COc2ccccc2O1)C(=O)N[C@H]1C[C@H]1c1ccc(F)cc1. The predicted octanol–water partition coefficient (Wildman–Crippen LogP) is 3.16. The summed E-state index contributed by atoms with van der Waals surface area (Å²) in [7, 11) is 1.74. The van der Waals surface area contributed by atoms with Gasteiger partial charge < -0.3 is 19.7 Å². The summed E-state index contributed by atoms with van der Waals surface area (Å²) in [6.45, 7) is 0.852. The fourth-order valence-electron chi connectivity index (χ4n) is 3.24. The van der Waals surface area contributed by atoms with E-state index in [0.29, 0.717) is 18.9 Å². The van der Waals surface area contributed by atoms with Gasteiger partial charge in [0.05, 0.1) is 6.54 Å². The minimum atomic E-state index is -0.244. The third-order valence-electron chi connectivity index (χ3n) is 4.79. The summed E-state index contributed by atoms with van der Waals surface area (Å²) in [6, 6.07) is 13.9. The highest BCUT2D eigenvalue weighted by Gasteiger charge is 2.40. The molecule has 136 valence electrons. The van der Waals surface area contributed by atoms with Crippen LogP contribution in [0.2, 0.25) is 0 Å². The number of nitrogens with one attached hydrogen (secondary N) is 1. The van der Waals surface area contributed by atoms with Gasteiger partial charge in [-0.15, -0.1) is 0 Å².